The number of aliphatic hydroxyl groups excluding tert-OH is 1. The third kappa shape index (κ3) is 1.36. The van der Waals surface area contributed by atoms with Crippen molar-refractivity contribution in [3.05, 3.63) is 12.2 Å². The SMILES string of the molecule is O=C(O)C1CCC=CC1O. The molecule has 0 amide bonds. The van der Waals surface area contributed by atoms with Gasteiger partial charge in [-0.1, -0.05) is 12.2 Å². The molecule has 1 aliphatic rings. The van der Waals surface area contributed by atoms with E-state index in [9.17, 15) is 4.79 Å². The number of rotatable bonds is 1. The molecular weight excluding hydrogens is 132 g/mol. The molecule has 2 unspecified atom stereocenters. The zero-order valence-corrected chi connectivity index (χ0v) is 5.53. The lowest BCUT2D eigenvalue weighted by Gasteiger charge is -2.18. The van der Waals surface area contributed by atoms with E-state index in [-0.39, 0.29) is 0 Å². The molecule has 1 rings (SSSR count). The van der Waals surface area contributed by atoms with Crippen LogP contribution in [0.5, 0.6) is 0 Å². The first-order valence-corrected chi connectivity index (χ1v) is 3.29. The van der Waals surface area contributed by atoms with Crippen LogP contribution in [0.4, 0.5) is 0 Å². The summed E-state index contributed by atoms with van der Waals surface area (Å²) >= 11 is 0. The van der Waals surface area contributed by atoms with Crippen LogP contribution in [0.2, 0.25) is 0 Å². The Morgan fingerprint density at radius 2 is 2.30 bits per heavy atom. The van der Waals surface area contributed by atoms with Crippen LogP contribution in [0.25, 0.3) is 0 Å². The molecule has 2 atom stereocenters. The van der Waals surface area contributed by atoms with Crippen molar-refractivity contribution in [1.29, 1.82) is 0 Å². The minimum atomic E-state index is -0.906. The molecule has 0 aromatic rings. The summed E-state index contributed by atoms with van der Waals surface area (Å²) in [4.78, 5) is 10.4. The fraction of sp³-hybridized carbons (Fsp3) is 0.571. The third-order valence-electron chi connectivity index (χ3n) is 1.71. The van der Waals surface area contributed by atoms with Gasteiger partial charge in [-0.15, -0.1) is 0 Å². The molecule has 0 spiro atoms. The van der Waals surface area contributed by atoms with Gasteiger partial charge in [0.1, 0.15) is 0 Å². The summed E-state index contributed by atoms with van der Waals surface area (Å²) in [5.74, 6) is -1.50. The molecule has 0 aromatic heterocycles. The molecule has 3 heteroatoms. The minimum Gasteiger partial charge on any atom is -0.481 e. The Morgan fingerprint density at radius 3 is 2.70 bits per heavy atom. The minimum absolute atomic E-state index is 0.549. The summed E-state index contributed by atoms with van der Waals surface area (Å²) in [6.45, 7) is 0. The van der Waals surface area contributed by atoms with Gasteiger partial charge >= 0.3 is 5.97 Å². The van der Waals surface area contributed by atoms with Gasteiger partial charge in [0, 0.05) is 0 Å². The molecule has 1 aliphatic carbocycles. The average molecular weight is 142 g/mol. The van der Waals surface area contributed by atoms with Gasteiger partial charge in [-0.3, -0.25) is 4.79 Å². The normalized spacial score (nSPS) is 32.1. The summed E-state index contributed by atoms with van der Waals surface area (Å²) < 4.78 is 0. The van der Waals surface area contributed by atoms with Crippen molar-refractivity contribution < 1.29 is 15.0 Å². The molecule has 0 bridgehead atoms. The molecule has 3 nitrogen and oxygen atoms in total. The Bertz CT molecular complexity index is 162. The first kappa shape index (κ1) is 7.28. The maximum Gasteiger partial charge on any atom is 0.309 e. The molecular formula is C7H10O3. The summed E-state index contributed by atoms with van der Waals surface area (Å²) in [6, 6.07) is 0. The van der Waals surface area contributed by atoms with E-state index in [0.717, 1.165) is 6.42 Å². The van der Waals surface area contributed by atoms with Gasteiger partial charge in [0.2, 0.25) is 0 Å². The van der Waals surface area contributed by atoms with Gasteiger partial charge in [-0.25, -0.2) is 0 Å². The number of carbonyl (C=O) groups is 1. The Morgan fingerprint density at radius 1 is 1.60 bits per heavy atom. The monoisotopic (exact) mass is 142 g/mol. The number of carboxylic acid groups (broad SMARTS) is 1. The summed E-state index contributed by atoms with van der Waals surface area (Å²) in [5.41, 5.74) is 0. The first-order chi connectivity index (χ1) is 4.72. The van der Waals surface area contributed by atoms with Crippen molar-refractivity contribution in [1.82, 2.24) is 0 Å². The Labute approximate surface area is 59.0 Å². The van der Waals surface area contributed by atoms with Crippen molar-refractivity contribution in [2.75, 3.05) is 0 Å². The molecule has 56 valence electrons. The van der Waals surface area contributed by atoms with Crippen LogP contribution < -0.4 is 0 Å². The Kier molecular flexibility index (Phi) is 2.06. The number of hydrogen-bond acceptors (Lipinski definition) is 2. The highest BCUT2D eigenvalue weighted by molar-refractivity contribution is 5.71. The fourth-order valence-corrected chi connectivity index (χ4v) is 1.09. The molecule has 0 saturated carbocycles. The third-order valence-corrected chi connectivity index (χ3v) is 1.71. The highest BCUT2D eigenvalue weighted by Gasteiger charge is 2.25. The zero-order valence-electron chi connectivity index (χ0n) is 5.53. The molecule has 0 radical (unpaired) electrons. The van der Waals surface area contributed by atoms with E-state index in [4.69, 9.17) is 10.2 Å². The molecule has 0 aliphatic heterocycles. The van der Waals surface area contributed by atoms with E-state index >= 15 is 0 Å². The van der Waals surface area contributed by atoms with Crippen LogP contribution in [0.3, 0.4) is 0 Å². The maximum absolute atomic E-state index is 10.4. The van der Waals surface area contributed by atoms with E-state index in [2.05, 4.69) is 0 Å². The second-order valence-corrected chi connectivity index (χ2v) is 2.44. The van der Waals surface area contributed by atoms with E-state index in [1.54, 1.807) is 6.08 Å². The fourth-order valence-electron chi connectivity index (χ4n) is 1.09. The summed E-state index contributed by atoms with van der Waals surface area (Å²) in [5, 5.41) is 17.6. The Balaban J connectivity index is 2.60. The van der Waals surface area contributed by atoms with Crippen LogP contribution in [0.1, 0.15) is 12.8 Å². The van der Waals surface area contributed by atoms with Crippen molar-refractivity contribution >= 4 is 5.97 Å². The van der Waals surface area contributed by atoms with Gasteiger partial charge in [-0.05, 0) is 12.8 Å². The standard InChI is InChI=1S/C7H10O3/c8-6-4-2-1-3-5(6)7(9)10/h2,4-6,8H,1,3H2,(H,9,10). The molecule has 10 heavy (non-hydrogen) atoms. The van der Waals surface area contributed by atoms with Crippen LogP contribution in [0, 0.1) is 5.92 Å². The number of allylic oxidation sites excluding steroid dienone is 1. The quantitative estimate of drug-likeness (QED) is 0.521. The summed E-state index contributed by atoms with van der Waals surface area (Å²) in [6.07, 6.45) is 3.87. The van der Waals surface area contributed by atoms with Crippen LogP contribution in [-0.2, 0) is 4.79 Å². The number of aliphatic carboxylic acids is 1. The van der Waals surface area contributed by atoms with Gasteiger partial charge in [0.15, 0.2) is 0 Å². The topological polar surface area (TPSA) is 57.5 Å². The smallest absolute Gasteiger partial charge is 0.309 e. The number of carboxylic acids is 1. The predicted octanol–water partition coefficient (Wildman–Crippen LogP) is 0.398. The summed E-state index contributed by atoms with van der Waals surface area (Å²) in [7, 11) is 0. The lowest BCUT2D eigenvalue weighted by molar-refractivity contribution is -0.145. The highest BCUT2D eigenvalue weighted by atomic mass is 16.4. The number of hydrogen-bond donors (Lipinski definition) is 2. The molecule has 2 N–H and O–H groups in total. The van der Waals surface area contributed by atoms with Crippen LogP contribution in [-0.4, -0.2) is 22.3 Å². The predicted molar refractivity (Wildman–Crippen MR) is 35.5 cm³/mol. The van der Waals surface area contributed by atoms with Crippen LogP contribution in [0.15, 0.2) is 12.2 Å². The zero-order chi connectivity index (χ0) is 7.56. The second kappa shape index (κ2) is 2.84. The highest BCUT2D eigenvalue weighted by Crippen LogP contribution is 2.18. The van der Waals surface area contributed by atoms with Gasteiger partial charge in [-0.2, -0.15) is 0 Å². The van der Waals surface area contributed by atoms with Crippen molar-refractivity contribution in [3.63, 3.8) is 0 Å². The molecule has 0 fully saturated rings. The Hall–Kier alpha value is -0.830. The molecule has 0 saturated heterocycles. The van der Waals surface area contributed by atoms with Crippen molar-refractivity contribution in [2.45, 2.75) is 18.9 Å². The van der Waals surface area contributed by atoms with E-state index in [0.29, 0.717) is 6.42 Å². The molecule has 0 aromatic carbocycles. The van der Waals surface area contributed by atoms with Gasteiger partial charge < -0.3 is 10.2 Å². The van der Waals surface area contributed by atoms with E-state index in [1.807, 2.05) is 6.08 Å². The average Bonchev–Trinajstić information content (AvgIpc) is 1.88. The van der Waals surface area contributed by atoms with Gasteiger partial charge in [0.05, 0.1) is 12.0 Å². The van der Waals surface area contributed by atoms with Crippen molar-refractivity contribution in [2.24, 2.45) is 5.92 Å². The van der Waals surface area contributed by atoms with Crippen molar-refractivity contribution in [3.8, 4) is 0 Å². The lowest BCUT2D eigenvalue weighted by atomic mass is 9.92. The number of aliphatic hydroxyl groups is 1. The van der Waals surface area contributed by atoms with Crippen LogP contribution >= 0.6 is 0 Å². The molecule has 0 heterocycles. The first-order valence-electron chi connectivity index (χ1n) is 3.29. The van der Waals surface area contributed by atoms with E-state index in [1.165, 1.54) is 0 Å². The van der Waals surface area contributed by atoms with Gasteiger partial charge in [0.25, 0.3) is 0 Å². The maximum atomic E-state index is 10.4. The van der Waals surface area contributed by atoms with E-state index < -0.39 is 18.0 Å². The largest absolute Gasteiger partial charge is 0.481 e. The second-order valence-electron chi connectivity index (χ2n) is 2.44. The lowest BCUT2D eigenvalue weighted by Crippen LogP contribution is -2.28.